The number of oxime groups is 1. The maximum atomic E-state index is 12.4. The molecule has 4 rings (SSSR count). The van der Waals surface area contributed by atoms with Gasteiger partial charge in [0.15, 0.2) is 0 Å². The Morgan fingerprint density at radius 3 is 2.58 bits per heavy atom. The van der Waals surface area contributed by atoms with Gasteiger partial charge in [0.2, 0.25) is 6.10 Å². The van der Waals surface area contributed by atoms with E-state index in [4.69, 9.17) is 9.57 Å². The summed E-state index contributed by atoms with van der Waals surface area (Å²) in [5.41, 5.74) is 2.69. The van der Waals surface area contributed by atoms with Gasteiger partial charge in [-0.1, -0.05) is 71.9 Å². The highest BCUT2D eigenvalue weighted by Gasteiger charge is 2.31. The Balaban J connectivity index is 1.41. The molecule has 0 aromatic heterocycles. The Morgan fingerprint density at radius 2 is 1.77 bits per heavy atom. The lowest BCUT2D eigenvalue weighted by atomic mass is 10.0. The van der Waals surface area contributed by atoms with Gasteiger partial charge in [-0.15, -0.1) is 0 Å². The Hall–Kier alpha value is -3.14. The molecule has 0 radical (unpaired) electrons. The summed E-state index contributed by atoms with van der Waals surface area (Å²) < 4.78 is 5.62. The molecule has 4 nitrogen and oxygen atoms in total. The molecule has 0 fully saturated rings. The Bertz CT molecular complexity index is 965. The summed E-state index contributed by atoms with van der Waals surface area (Å²) in [5.74, 6) is -0.389. The van der Waals surface area contributed by atoms with Crippen molar-refractivity contribution in [2.24, 2.45) is 5.16 Å². The lowest BCUT2D eigenvalue weighted by molar-refractivity contribution is -0.160. The number of fused-ring (bicyclic) bond motifs is 1. The van der Waals surface area contributed by atoms with Gasteiger partial charge in [-0.25, -0.2) is 4.79 Å². The standard InChI is InChI=1S/C22H19NO3/c1-15(18-12-11-16-7-5-6-10-19(16)13-18)25-22(24)21-14-20(23-26-21)17-8-3-2-4-9-17/h2-13,15,21H,14H2,1H3/t15-,21?/m0/s1. The monoisotopic (exact) mass is 345 g/mol. The second-order valence-corrected chi connectivity index (χ2v) is 6.39. The van der Waals surface area contributed by atoms with Crippen molar-refractivity contribution in [1.82, 2.24) is 0 Å². The molecule has 130 valence electrons. The average Bonchev–Trinajstić information content (AvgIpc) is 3.18. The average molecular weight is 345 g/mol. The van der Waals surface area contributed by atoms with E-state index in [0.29, 0.717) is 6.42 Å². The van der Waals surface area contributed by atoms with Gasteiger partial charge in [0.05, 0.1) is 5.71 Å². The number of carbonyl (C=O) groups excluding carboxylic acids is 1. The fourth-order valence-electron chi connectivity index (χ4n) is 3.08. The van der Waals surface area contributed by atoms with Gasteiger partial charge in [0.25, 0.3) is 0 Å². The smallest absolute Gasteiger partial charge is 0.351 e. The van der Waals surface area contributed by atoms with Crippen LogP contribution in [0.1, 0.15) is 30.6 Å². The molecule has 4 heteroatoms. The summed E-state index contributed by atoms with van der Waals surface area (Å²) in [6, 6.07) is 23.9. The maximum Gasteiger partial charge on any atom is 0.351 e. The van der Waals surface area contributed by atoms with Crippen LogP contribution in [0.4, 0.5) is 0 Å². The number of hydrogen-bond acceptors (Lipinski definition) is 4. The summed E-state index contributed by atoms with van der Waals surface area (Å²) in [7, 11) is 0. The van der Waals surface area contributed by atoms with Crippen LogP contribution in [-0.4, -0.2) is 17.8 Å². The molecule has 1 heterocycles. The third-order valence-corrected chi connectivity index (χ3v) is 4.57. The Labute approximate surface area is 152 Å². The van der Waals surface area contributed by atoms with Crippen molar-refractivity contribution in [3.63, 3.8) is 0 Å². The van der Waals surface area contributed by atoms with Crippen LogP contribution in [0.5, 0.6) is 0 Å². The number of carbonyl (C=O) groups is 1. The van der Waals surface area contributed by atoms with Crippen molar-refractivity contribution in [2.45, 2.75) is 25.6 Å². The number of esters is 1. The number of rotatable bonds is 4. The number of ether oxygens (including phenoxy) is 1. The van der Waals surface area contributed by atoms with E-state index >= 15 is 0 Å². The summed E-state index contributed by atoms with van der Waals surface area (Å²) in [4.78, 5) is 17.8. The minimum Gasteiger partial charge on any atom is -0.455 e. The summed E-state index contributed by atoms with van der Waals surface area (Å²) >= 11 is 0. The van der Waals surface area contributed by atoms with Gasteiger partial charge in [-0.3, -0.25) is 0 Å². The van der Waals surface area contributed by atoms with Crippen molar-refractivity contribution in [1.29, 1.82) is 0 Å². The van der Waals surface area contributed by atoms with Crippen LogP contribution in [-0.2, 0) is 14.4 Å². The van der Waals surface area contributed by atoms with Crippen LogP contribution in [0.2, 0.25) is 0 Å². The molecule has 0 aliphatic carbocycles. The van der Waals surface area contributed by atoms with Crippen LogP contribution in [0.15, 0.2) is 78.0 Å². The fraction of sp³-hybridized carbons (Fsp3) is 0.182. The van der Waals surface area contributed by atoms with Crippen molar-refractivity contribution < 1.29 is 14.4 Å². The zero-order valence-electron chi connectivity index (χ0n) is 14.5. The summed E-state index contributed by atoms with van der Waals surface area (Å²) in [5, 5.41) is 6.33. The van der Waals surface area contributed by atoms with Gasteiger partial charge in [-0.05, 0) is 34.9 Å². The summed E-state index contributed by atoms with van der Waals surface area (Å²) in [6.07, 6.45) is -0.614. The molecule has 0 spiro atoms. The zero-order valence-corrected chi connectivity index (χ0v) is 14.5. The molecule has 2 atom stereocenters. The maximum absolute atomic E-state index is 12.4. The minimum absolute atomic E-state index is 0.350. The van der Waals surface area contributed by atoms with E-state index in [2.05, 4.69) is 17.3 Å². The molecule has 1 unspecified atom stereocenters. The molecular weight excluding hydrogens is 326 g/mol. The topological polar surface area (TPSA) is 47.9 Å². The molecular formula is C22H19NO3. The predicted molar refractivity (Wildman–Crippen MR) is 101 cm³/mol. The first-order valence-corrected chi connectivity index (χ1v) is 8.68. The lowest BCUT2D eigenvalue weighted by Crippen LogP contribution is -2.24. The molecule has 0 N–H and O–H groups in total. The van der Waals surface area contributed by atoms with Crippen molar-refractivity contribution in [2.75, 3.05) is 0 Å². The molecule has 3 aromatic rings. The second kappa shape index (κ2) is 7.00. The van der Waals surface area contributed by atoms with E-state index in [9.17, 15) is 4.79 Å². The van der Waals surface area contributed by atoms with E-state index in [0.717, 1.165) is 27.6 Å². The molecule has 0 saturated heterocycles. The predicted octanol–water partition coefficient (Wildman–Crippen LogP) is 4.64. The van der Waals surface area contributed by atoms with Gasteiger partial charge in [0, 0.05) is 6.42 Å². The molecule has 1 aliphatic heterocycles. The largest absolute Gasteiger partial charge is 0.455 e. The van der Waals surface area contributed by atoms with Gasteiger partial charge in [-0.2, -0.15) is 0 Å². The first-order chi connectivity index (χ1) is 12.7. The summed E-state index contributed by atoms with van der Waals surface area (Å²) in [6.45, 7) is 1.87. The fourth-order valence-corrected chi connectivity index (χ4v) is 3.08. The van der Waals surface area contributed by atoms with Crippen LogP contribution < -0.4 is 0 Å². The van der Waals surface area contributed by atoms with Crippen LogP contribution in [0, 0.1) is 0 Å². The first kappa shape index (κ1) is 16.3. The lowest BCUT2D eigenvalue weighted by Gasteiger charge is -2.16. The highest BCUT2D eigenvalue weighted by Crippen LogP contribution is 2.25. The van der Waals surface area contributed by atoms with Crippen molar-refractivity contribution in [3.8, 4) is 0 Å². The number of benzene rings is 3. The second-order valence-electron chi connectivity index (χ2n) is 6.39. The van der Waals surface area contributed by atoms with E-state index in [1.54, 1.807) is 0 Å². The third-order valence-electron chi connectivity index (χ3n) is 4.57. The van der Waals surface area contributed by atoms with Crippen LogP contribution in [0.3, 0.4) is 0 Å². The molecule has 0 bridgehead atoms. The SMILES string of the molecule is C[C@H](OC(=O)C1CC(c2ccccc2)=NO1)c1ccc2ccccc2c1. The highest BCUT2D eigenvalue weighted by atomic mass is 16.7. The van der Waals surface area contributed by atoms with E-state index in [1.165, 1.54) is 0 Å². The third kappa shape index (κ3) is 3.31. The highest BCUT2D eigenvalue weighted by molar-refractivity contribution is 6.03. The van der Waals surface area contributed by atoms with Gasteiger partial charge >= 0.3 is 5.97 Å². The normalized spacial score (nSPS) is 17.4. The van der Waals surface area contributed by atoms with Crippen LogP contribution in [0.25, 0.3) is 10.8 Å². The zero-order chi connectivity index (χ0) is 17.9. The van der Waals surface area contributed by atoms with Crippen LogP contribution >= 0.6 is 0 Å². The van der Waals surface area contributed by atoms with Gasteiger partial charge < -0.3 is 9.57 Å². The minimum atomic E-state index is -0.687. The van der Waals surface area contributed by atoms with E-state index in [-0.39, 0.29) is 12.1 Å². The molecule has 3 aromatic carbocycles. The molecule has 0 amide bonds. The van der Waals surface area contributed by atoms with Crippen molar-refractivity contribution in [3.05, 3.63) is 83.9 Å². The first-order valence-electron chi connectivity index (χ1n) is 8.68. The van der Waals surface area contributed by atoms with Crippen molar-refractivity contribution >= 4 is 22.5 Å². The molecule has 26 heavy (non-hydrogen) atoms. The Morgan fingerprint density at radius 1 is 1.04 bits per heavy atom. The molecule has 0 saturated carbocycles. The number of hydrogen-bond donors (Lipinski definition) is 0. The van der Waals surface area contributed by atoms with E-state index in [1.807, 2.05) is 67.6 Å². The number of nitrogens with zero attached hydrogens (tertiary/aromatic N) is 1. The molecule has 1 aliphatic rings. The van der Waals surface area contributed by atoms with E-state index < -0.39 is 6.10 Å². The Kier molecular flexibility index (Phi) is 4.40. The quantitative estimate of drug-likeness (QED) is 0.647. The van der Waals surface area contributed by atoms with Gasteiger partial charge in [0.1, 0.15) is 6.10 Å².